The van der Waals surface area contributed by atoms with Crippen molar-refractivity contribution in [3.8, 4) is 12.1 Å². The number of nitrogens with zero attached hydrogens (tertiary/aromatic N) is 3. The fourth-order valence-electron chi connectivity index (χ4n) is 3.96. The van der Waals surface area contributed by atoms with Crippen LogP contribution in [0.3, 0.4) is 0 Å². The van der Waals surface area contributed by atoms with Gasteiger partial charge in [0.15, 0.2) is 5.41 Å². The van der Waals surface area contributed by atoms with Crippen molar-refractivity contribution in [1.29, 1.82) is 10.5 Å². The minimum Gasteiger partial charge on any atom is -0.466 e. The molecular formula is C23H19N3O4. The Hall–Kier alpha value is -3.97. The Morgan fingerprint density at radius 2 is 1.77 bits per heavy atom. The smallest absolute Gasteiger partial charge is 0.306 e. The van der Waals surface area contributed by atoms with Gasteiger partial charge in [-0.3, -0.25) is 14.9 Å². The van der Waals surface area contributed by atoms with Crippen molar-refractivity contribution in [2.75, 3.05) is 6.61 Å². The van der Waals surface area contributed by atoms with Gasteiger partial charge < -0.3 is 4.74 Å². The summed E-state index contributed by atoms with van der Waals surface area (Å²) in [6, 6.07) is 19.4. The van der Waals surface area contributed by atoms with Crippen LogP contribution in [-0.4, -0.2) is 17.5 Å². The topological polar surface area (TPSA) is 117 Å². The van der Waals surface area contributed by atoms with E-state index in [0.717, 1.165) is 5.57 Å². The van der Waals surface area contributed by atoms with E-state index in [1.807, 2.05) is 30.3 Å². The standard InChI is InChI=1S/C23H19N3O4/c1-2-30-21(27)13-18-12-20(16-8-10-19(11-9-16)26(28)29)22(23(18,14-24)15-25)17-6-4-3-5-7-17/h3-11,18H,2,12-13H2,1H3. The highest BCUT2D eigenvalue weighted by atomic mass is 16.6. The number of nitro groups is 1. The second kappa shape index (κ2) is 8.59. The third-order valence-corrected chi connectivity index (χ3v) is 5.32. The zero-order valence-electron chi connectivity index (χ0n) is 16.4. The van der Waals surface area contributed by atoms with Crippen LogP contribution in [0.4, 0.5) is 5.69 Å². The van der Waals surface area contributed by atoms with E-state index in [9.17, 15) is 25.4 Å². The minimum atomic E-state index is -1.54. The molecule has 1 atom stereocenters. The van der Waals surface area contributed by atoms with Crippen LogP contribution in [0.25, 0.3) is 11.1 Å². The molecule has 0 saturated carbocycles. The summed E-state index contributed by atoms with van der Waals surface area (Å²) in [6.45, 7) is 1.91. The molecule has 0 aliphatic heterocycles. The highest BCUT2D eigenvalue weighted by Gasteiger charge is 2.51. The third-order valence-electron chi connectivity index (χ3n) is 5.32. The number of benzene rings is 2. The van der Waals surface area contributed by atoms with Gasteiger partial charge in [-0.05, 0) is 47.8 Å². The number of nitriles is 2. The van der Waals surface area contributed by atoms with Crippen LogP contribution < -0.4 is 0 Å². The quantitative estimate of drug-likeness (QED) is 0.399. The number of allylic oxidation sites excluding steroid dienone is 2. The molecule has 7 heteroatoms. The molecule has 150 valence electrons. The number of nitro benzene ring substituents is 1. The lowest BCUT2D eigenvalue weighted by Crippen LogP contribution is -2.27. The van der Waals surface area contributed by atoms with Crippen molar-refractivity contribution in [2.24, 2.45) is 11.3 Å². The maximum absolute atomic E-state index is 12.2. The lowest BCUT2D eigenvalue weighted by atomic mass is 9.72. The van der Waals surface area contributed by atoms with E-state index in [2.05, 4.69) is 12.1 Å². The van der Waals surface area contributed by atoms with Crippen LogP contribution in [0, 0.1) is 44.1 Å². The number of carbonyl (C=O) groups excluding carboxylic acids is 1. The van der Waals surface area contributed by atoms with Crippen molar-refractivity contribution < 1.29 is 14.5 Å². The first kappa shape index (κ1) is 20.8. The molecule has 1 unspecified atom stereocenters. The van der Waals surface area contributed by atoms with E-state index in [4.69, 9.17) is 4.74 Å². The molecule has 30 heavy (non-hydrogen) atoms. The van der Waals surface area contributed by atoms with Crippen LogP contribution in [0.2, 0.25) is 0 Å². The van der Waals surface area contributed by atoms with Gasteiger partial charge in [-0.25, -0.2) is 0 Å². The molecule has 2 aromatic rings. The molecule has 0 aromatic heterocycles. The number of ether oxygens (including phenoxy) is 1. The summed E-state index contributed by atoms with van der Waals surface area (Å²) in [5.41, 5.74) is 1.07. The lowest BCUT2D eigenvalue weighted by molar-refractivity contribution is -0.384. The summed E-state index contributed by atoms with van der Waals surface area (Å²) in [5, 5.41) is 31.2. The van der Waals surface area contributed by atoms with Crippen molar-refractivity contribution in [1.82, 2.24) is 0 Å². The van der Waals surface area contributed by atoms with Gasteiger partial charge in [0.05, 0.1) is 30.1 Å². The predicted octanol–water partition coefficient (Wildman–Crippen LogP) is 4.51. The van der Waals surface area contributed by atoms with Gasteiger partial charge >= 0.3 is 5.97 Å². The average molecular weight is 401 g/mol. The maximum Gasteiger partial charge on any atom is 0.306 e. The van der Waals surface area contributed by atoms with Crippen LogP contribution in [0.5, 0.6) is 0 Å². The third kappa shape index (κ3) is 3.66. The molecule has 0 heterocycles. The van der Waals surface area contributed by atoms with Gasteiger partial charge in [0.1, 0.15) is 0 Å². The number of esters is 1. The molecule has 3 rings (SSSR count). The number of rotatable bonds is 6. The zero-order valence-corrected chi connectivity index (χ0v) is 16.4. The molecular weight excluding hydrogens is 382 g/mol. The number of hydrogen-bond acceptors (Lipinski definition) is 6. The second-order valence-corrected chi connectivity index (χ2v) is 6.97. The molecule has 0 fully saturated rings. The number of hydrogen-bond donors (Lipinski definition) is 0. The molecule has 2 aromatic carbocycles. The summed E-state index contributed by atoms with van der Waals surface area (Å²) in [4.78, 5) is 22.7. The van der Waals surface area contributed by atoms with Crippen LogP contribution in [-0.2, 0) is 9.53 Å². The predicted molar refractivity (Wildman–Crippen MR) is 109 cm³/mol. The van der Waals surface area contributed by atoms with Gasteiger partial charge in [0.2, 0.25) is 0 Å². The Labute approximate surface area is 174 Å². The monoisotopic (exact) mass is 401 g/mol. The van der Waals surface area contributed by atoms with Crippen LogP contribution in [0.1, 0.15) is 30.9 Å². The molecule has 1 aliphatic carbocycles. The Kier molecular flexibility index (Phi) is 5.94. The van der Waals surface area contributed by atoms with Crippen molar-refractivity contribution in [2.45, 2.75) is 19.8 Å². The second-order valence-electron chi connectivity index (χ2n) is 6.97. The summed E-state index contributed by atoms with van der Waals surface area (Å²) < 4.78 is 5.06. The molecule has 0 spiro atoms. The van der Waals surface area contributed by atoms with E-state index in [-0.39, 0.29) is 18.7 Å². The largest absolute Gasteiger partial charge is 0.466 e. The summed E-state index contributed by atoms with van der Waals surface area (Å²) in [6.07, 6.45) is 0.240. The molecule has 0 amide bonds. The Bertz CT molecular complexity index is 1060. The van der Waals surface area contributed by atoms with Gasteiger partial charge in [-0.15, -0.1) is 0 Å². The summed E-state index contributed by atoms with van der Waals surface area (Å²) >= 11 is 0. The van der Waals surface area contributed by atoms with Gasteiger partial charge in [0, 0.05) is 18.1 Å². The molecule has 0 saturated heterocycles. The SMILES string of the molecule is CCOC(=O)CC1CC(c2ccc([N+](=O)[O-])cc2)=C(c2ccccc2)C1(C#N)C#N. The first-order valence-corrected chi connectivity index (χ1v) is 9.48. The van der Waals surface area contributed by atoms with E-state index in [1.54, 1.807) is 19.1 Å². The zero-order chi connectivity index (χ0) is 21.7. The molecule has 0 radical (unpaired) electrons. The fourth-order valence-corrected chi connectivity index (χ4v) is 3.96. The van der Waals surface area contributed by atoms with Gasteiger partial charge in [0.25, 0.3) is 5.69 Å². The van der Waals surface area contributed by atoms with Crippen molar-refractivity contribution in [3.05, 3.63) is 75.8 Å². The molecule has 0 bridgehead atoms. The molecule has 0 N–H and O–H groups in total. The van der Waals surface area contributed by atoms with E-state index in [1.165, 1.54) is 12.1 Å². The van der Waals surface area contributed by atoms with E-state index >= 15 is 0 Å². The number of carbonyl (C=O) groups is 1. The van der Waals surface area contributed by atoms with Crippen molar-refractivity contribution in [3.63, 3.8) is 0 Å². The van der Waals surface area contributed by atoms with Crippen molar-refractivity contribution >= 4 is 22.8 Å². The minimum absolute atomic E-state index is 0.0477. The van der Waals surface area contributed by atoms with Gasteiger partial charge in [-0.2, -0.15) is 10.5 Å². The van der Waals surface area contributed by atoms with Crippen LogP contribution >= 0.6 is 0 Å². The highest BCUT2D eigenvalue weighted by Crippen LogP contribution is 2.56. The number of non-ortho nitro benzene ring substituents is 1. The Morgan fingerprint density at radius 3 is 2.30 bits per heavy atom. The fraction of sp³-hybridized carbons (Fsp3) is 0.261. The maximum atomic E-state index is 12.2. The molecule has 1 aliphatic rings. The summed E-state index contributed by atoms with van der Waals surface area (Å²) in [5.74, 6) is -1.05. The summed E-state index contributed by atoms with van der Waals surface area (Å²) in [7, 11) is 0. The lowest BCUT2D eigenvalue weighted by Gasteiger charge is -2.24. The normalized spacial score (nSPS) is 17.1. The first-order chi connectivity index (χ1) is 14.5. The van der Waals surface area contributed by atoms with E-state index in [0.29, 0.717) is 23.1 Å². The van der Waals surface area contributed by atoms with E-state index < -0.39 is 22.2 Å². The highest BCUT2D eigenvalue weighted by molar-refractivity contribution is 5.99. The Morgan fingerprint density at radius 1 is 1.13 bits per heavy atom. The Balaban J connectivity index is 2.18. The molecule has 7 nitrogen and oxygen atoms in total. The van der Waals surface area contributed by atoms with Gasteiger partial charge in [-0.1, -0.05) is 30.3 Å². The average Bonchev–Trinajstić information content (AvgIpc) is 3.08. The first-order valence-electron chi connectivity index (χ1n) is 9.48. The van der Waals surface area contributed by atoms with Crippen LogP contribution in [0.15, 0.2) is 54.6 Å².